The summed E-state index contributed by atoms with van der Waals surface area (Å²) in [5.74, 6) is -2.35. The number of benzene rings is 2. The molecule has 27 heavy (non-hydrogen) atoms. The van der Waals surface area contributed by atoms with Crippen LogP contribution in [-0.4, -0.2) is 33.2 Å². The molecule has 2 aromatic carbocycles. The van der Waals surface area contributed by atoms with E-state index in [1.807, 2.05) is 0 Å². The first-order valence-corrected chi connectivity index (χ1v) is 10.2. The maximum atomic E-state index is 14.7. The summed E-state index contributed by atoms with van der Waals surface area (Å²) in [5, 5.41) is 0. The number of hydrogen-bond donors (Lipinski definition) is 2. The number of sulfonamides is 1. The smallest absolute Gasteiger partial charge is 0.244 e. The number of para-hydroxylation sites is 1. The maximum absolute atomic E-state index is 14.7. The van der Waals surface area contributed by atoms with Gasteiger partial charge in [0.2, 0.25) is 15.9 Å². The van der Waals surface area contributed by atoms with Crippen LogP contribution in [0.4, 0.5) is 20.2 Å². The lowest BCUT2D eigenvalue weighted by atomic mass is 10.0. The number of amides is 1. The number of nitrogens with one attached hydrogen (secondary N) is 1. The van der Waals surface area contributed by atoms with Crippen molar-refractivity contribution in [2.45, 2.75) is 18.9 Å². The van der Waals surface area contributed by atoms with Crippen molar-refractivity contribution >= 4 is 27.3 Å². The standard InChI is InChI=1S/C18H19F2N3O3S/c1-27(25,26)22-16-7-3-2-5-12(16)11-9-13(19)17(14(20)10-11)23-8-4-6-15(21)18(23)24/h2-3,5,7,9-10,15,22H,4,6,8,21H2,1H3. The van der Waals surface area contributed by atoms with Gasteiger partial charge < -0.3 is 10.6 Å². The number of nitrogens with two attached hydrogens (primary N) is 1. The molecule has 3 rings (SSSR count). The van der Waals surface area contributed by atoms with Gasteiger partial charge in [-0.05, 0) is 36.6 Å². The Bertz CT molecular complexity index is 972. The molecule has 1 atom stereocenters. The summed E-state index contributed by atoms with van der Waals surface area (Å²) in [4.78, 5) is 13.2. The van der Waals surface area contributed by atoms with Crippen molar-refractivity contribution in [2.75, 3.05) is 22.4 Å². The van der Waals surface area contributed by atoms with E-state index in [-0.39, 0.29) is 17.8 Å². The van der Waals surface area contributed by atoms with Crippen LogP contribution in [0, 0.1) is 11.6 Å². The van der Waals surface area contributed by atoms with Gasteiger partial charge in [0.05, 0.1) is 18.0 Å². The Morgan fingerprint density at radius 3 is 2.44 bits per heavy atom. The Kier molecular flexibility index (Phi) is 5.16. The van der Waals surface area contributed by atoms with E-state index in [9.17, 15) is 22.0 Å². The number of halogens is 2. The number of nitrogens with zero attached hydrogens (tertiary/aromatic N) is 1. The van der Waals surface area contributed by atoms with Crippen LogP contribution in [-0.2, 0) is 14.8 Å². The van der Waals surface area contributed by atoms with Crippen LogP contribution in [0.2, 0.25) is 0 Å². The van der Waals surface area contributed by atoms with Crippen LogP contribution >= 0.6 is 0 Å². The average molecular weight is 395 g/mol. The minimum absolute atomic E-state index is 0.147. The van der Waals surface area contributed by atoms with Gasteiger partial charge in [0.1, 0.15) is 5.69 Å². The Morgan fingerprint density at radius 2 is 1.81 bits per heavy atom. The van der Waals surface area contributed by atoms with Gasteiger partial charge in [-0.1, -0.05) is 18.2 Å². The van der Waals surface area contributed by atoms with E-state index >= 15 is 0 Å². The first kappa shape index (κ1) is 19.2. The summed E-state index contributed by atoms with van der Waals surface area (Å²) in [5.41, 5.74) is 5.93. The topological polar surface area (TPSA) is 92.5 Å². The van der Waals surface area contributed by atoms with Gasteiger partial charge in [-0.2, -0.15) is 0 Å². The van der Waals surface area contributed by atoms with Crippen molar-refractivity contribution in [3.05, 3.63) is 48.0 Å². The van der Waals surface area contributed by atoms with E-state index in [1.54, 1.807) is 18.2 Å². The molecule has 6 nitrogen and oxygen atoms in total. The Hall–Kier alpha value is -2.52. The lowest BCUT2D eigenvalue weighted by Crippen LogP contribution is -2.49. The van der Waals surface area contributed by atoms with Gasteiger partial charge in [0.15, 0.2) is 11.6 Å². The summed E-state index contributed by atoms with van der Waals surface area (Å²) in [7, 11) is -3.57. The number of hydrogen-bond acceptors (Lipinski definition) is 4. The van der Waals surface area contributed by atoms with Crippen molar-refractivity contribution in [2.24, 2.45) is 5.73 Å². The molecular formula is C18H19F2N3O3S. The van der Waals surface area contributed by atoms with Crippen LogP contribution in [0.5, 0.6) is 0 Å². The Balaban J connectivity index is 2.05. The molecule has 0 aromatic heterocycles. The fraction of sp³-hybridized carbons (Fsp3) is 0.278. The zero-order valence-electron chi connectivity index (χ0n) is 14.6. The fourth-order valence-corrected chi connectivity index (χ4v) is 3.71. The van der Waals surface area contributed by atoms with E-state index in [0.717, 1.165) is 23.3 Å². The second-order valence-electron chi connectivity index (χ2n) is 6.45. The number of carbonyl (C=O) groups excluding carboxylic acids is 1. The summed E-state index contributed by atoms with van der Waals surface area (Å²) in [6.45, 7) is 0.186. The maximum Gasteiger partial charge on any atom is 0.244 e. The molecule has 144 valence electrons. The van der Waals surface area contributed by atoms with Crippen LogP contribution in [0.15, 0.2) is 36.4 Å². The molecule has 1 aliphatic rings. The van der Waals surface area contributed by atoms with Gasteiger partial charge in [-0.3, -0.25) is 9.52 Å². The van der Waals surface area contributed by atoms with Gasteiger partial charge in [-0.15, -0.1) is 0 Å². The largest absolute Gasteiger partial charge is 0.320 e. The Labute approximate surface area is 156 Å². The predicted octanol–water partition coefficient (Wildman–Crippen LogP) is 2.46. The van der Waals surface area contributed by atoms with Gasteiger partial charge >= 0.3 is 0 Å². The van der Waals surface area contributed by atoms with Crippen LogP contribution in [0.3, 0.4) is 0 Å². The fourth-order valence-electron chi connectivity index (χ4n) is 3.13. The highest BCUT2D eigenvalue weighted by atomic mass is 32.2. The molecule has 0 bridgehead atoms. The first-order chi connectivity index (χ1) is 12.7. The molecule has 3 N–H and O–H groups in total. The summed E-state index contributed by atoms with van der Waals surface area (Å²) >= 11 is 0. The summed E-state index contributed by atoms with van der Waals surface area (Å²) in [6, 6.07) is 7.64. The Morgan fingerprint density at radius 1 is 1.19 bits per heavy atom. The van der Waals surface area contributed by atoms with Crippen LogP contribution in [0.25, 0.3) is 11.1 Å². The van der Waals surface area contributed by atoms with Gasteiger partial charge in [0.25, 0.3) is 0 Å². The number of carbonyl (C=O) groups is 1. The molecule has 2 aromatic rings. The minimum atomic E-state index is -3.57. The highest BCUT2D eigenvalue weighted by molar-refractivity contribution is 7.92. The molecule has 1 unspecified atom stereocenters. The minimum Gasteiger partial charge on any atom is -0.320 e. The average Bonchev–Trinajstić information content (AvgIpc) is 2.57. The molecule has 1 amide bonds. The van der Waals surface area contributed by atoms with E-state index in [0.29, 0.717) is 18.4 Å². The quantitative estimate of drug-likeness (QED) is 0.832. The van der Waals surface area contributed by atoms with Crippen molar-refractivity contribution < 1.29 is 22.0 Å². The van der Waals surface area contributed by atoms with E-state index in [4.69, 9.17) is 5.73 Å². The second kappa shape index (κ2) is 7.24. The molecule has 0 aliphatic carbocycles. The van der Waals surface area contributed by atoms with Crippen molar-refractivity contribution in [3.8, 4) is 11.1 Å². The zero-order chi connectivity index (χ0) is 19.8. The third-order valence-electron chi connectivity index (χ3n) is 4.30. The highest BCUT2D eigenvalue weighted by Crippen LogP contribution is 2.34. The van der Waals surface area contributed by atoms with Crippen molar-refractivity contribution in [3.63, 3.8) is 0 Å². The lowest BCUT2D eigenvalue weighted by Gasteiger charge is -2.31. The van der Waals surface area contributed by atoms with Gasteiger partial charge in [0, 0.05) is 12.1 Å². The molecule has 0 saturated carbocycles. The SMILES string of the molecule is CS(=O)(=O)Nc1ccccc1-c1cc(F)c(N2CCCC(N)C2=O)c(F)c1. The number of piperidine rings is 1. The van der Waals surface area contributed by atoms with Crippen LogP contribution in [0.1, 0.15) is 12.8 Å². The first-order valence-electron chi connectivity index (χ1n) is 8.30. The molecular weight excluding hydrogens is 376 g/mol. The van der Waals surface area contributed by atoms with E-state index < -0.39 is 39.3 Å². The van der Waals surface area contributed by atoms with Crippen molar-refractivity contribution in [1.29, 1.82) is 0 Å². The molecule has 1 heterocycles. The third-order valence-corrected chi connectivity index (χ3v) is 4.89. The summed E-state index contributed by atoms with van der Waals surface area (Å²) < 4.78 is 54.9. The lowest BCUT2D eigenvalue weighted by molar-refractivity contribution is -0.120. The van der Waals surface area contributed by atoms with Gasteiger partial charge in [-0.25, -0.2) is 17.2 Å². The zero-order valence-corrected chi connectivity index (χ0v) is 15.4. The van der Waals surface area contributed by atoms with E-state index in [2.05, 4.69) is 4.72 Å². The molecule has 1 fully saturated rings. The van der Waals surface area contributed by atoms with Crippen LogP contribution < -0.4 is 15.4 Å². The molecule has 9 heteroatoms. The predicted molar refractivity (Wildman–Crippen MR) is 99.8 cm³/mol. The third kappa shape index (κ3) is 4.09. The van der Waals surface area contributed by atoms with Crippen molar-refractivity contribution in [1.82, 2.24) is 0 Å². The number of anilines is 2. The molecule has 1 saturated heterocycles. The second-order valence-corrected chi connectivity index (χ2v) is 8.20. The molecule has 0 radical (unpaired) electrons. The number of rotatable bonds is 4. The normalized spacial score (nSPS) is 17.9. The molecule has 1 aliphatic heterocycles. The molecule has 0 spiro atoms. The highest BCUT2D eigenvalue weighted by Gasteiger charge is 2.31. The monoisotopic (exact) mass is 395 g/mol. The van der Waals surface area contributed by atoms with E-state index in [1.165, 1.54) is 6.07 Å². The summed E-state index contributed by atoms with van der Waals surface area (Å²) in [6.07, 6.45) is 2.01.